The van der Waals surface area contributed by atoms with E-state index in [1.807, 2.05) is 51.1 Å². The molecular weight excluding hydrogens is 457 g/mol. The summed E-state index contributed by atoms with van der Waals surface area (Å²) < 4.78 is 27.1. The Bertz CT molecular complexity index is 1400. The van der Waals surface area contributed by atoms with Gasteiger partial charge in [-0.05, 0) is 99.0 Å². The third-order valence-electron chi connectivity index (χ3n) is 6.09. The molecule has 4 rings (SSSR count). The minimum Gasteiger partial charge on any atom is -0.496 e. The van der Waals surface area contributed by atoms with E-state index in [2.05, 4.69) is 17.0 Å². The lowest BCUT2D eigenvalue weighted by Crippen LogP contribution is -2.39. The Morgan fingerprint density at radius 3 is 2.36 bits per heavy atom. The van der Waals surface area contributed by atoms with Crippen LogP contribution in [0.2, 0.25) is 0 Å². The van der Waals surface area contributed by atoms with Crippen molar-refractivity contribution < 1.29 is 18.7 Å². The molecule has 1 amide bonds. The normalized spacial score (nSPS) is 12.7. The fourth-order valence-electron chi connectivity index (χ4n) is 4.35. The van der Waals surface area contributed by atoms with E-state index in [0.717, 1.165) is 39.0 Å². The first kappa shape index (κ1) is 25.0. The van der Waals surface area contributed by atoms with Gasteiger partial charge in [0.1, 0.15) is 23.4 Å². The Balaban J connectivity index is 1.69. The highest BCUT2D eigenvalue weighted by Gasteiger charge is 2.25. The lowest BCUT2D eigenvalue weighted by molar-refractivity contribution is -0.118. The average Bonchev–Trinajstić information content (AvgIpc) is 3.26. The second kappa shape index (κ2) is 10.2. The zero-order valence-electron chi connectivity index (χ0n) is 21.1. The van der Waals surface area contributed by atoms with E-state index in [1.165, 1.54) is 12.1 Å². The molecule has 0 aliphatic rings. The first-order valence-electron chi connectivity index (χ1n) is 11.7. The van der Waals surface area contributed by atoms with Crippen LogP contribution in [0.5, 0.6) is 11.5 Å². The lowest BCUT2D eigenvalue weighted by atomic mass is 9.97. The number of halogens is 1. The molecule has 2 atom stereocenters. The van der Waals surface area contributed by atoms with Crippen LogP contribution in [0.15, 0.2) is 72.9 Å². The number of hydrogen-bond acceptors (Lipinski definition) is 4. The minimum absolute atomic E-state index is 0.228. The van der Waals surface area contributed by atoms with Gasteiger partial charge in [0.15, 0.2) is 0 Å². The summed E-state index contributed by atoms with van der Waals surface area (Å²) in [7, 11) is 1.65. The molecule has 3 aromatic carbocycles. The summed E-state index contributed by atoms with van der Waals surface area (Å²) >= 11 is 0. The van der Waals surface area contributed by atoms with E-state index < -0.39 is 6.10 Å². The van der Waals surface area contributed by atoms with E-state index in [4.69, 9.17) is 9.47 Å². The van der Waals surface area contributed by atoms with E-state index in [0.29, 0.717) is 11.3 Å². The zero-order chi connectivity index (χ0) is 26.0. The Kier molecular flexibility index (Phi) is 7.10. The summed E-state index contributed by atoms with van der Waals surface area (Å²) in [6.45, 7) is 11.3. The Morgan fingerprint density at radius 2 is 1.75 bits per heavy atom. The molecule has 186 valence electrons. The van der Waals surface area contributed by atoms with Crippen molar-refractivity contribution in [1.82, 2.24) is 15.1 Å². The van der Waals surface area contributed by atoms with Gasteiger partial charge >= 0.3 is 0 Å². The van der Waals surface area contributed by atoms with Gasteiger partial charge in [-0.25, -0.2) is 9.07 Å². The molecule has 4 aromatic rings. The molecule has 1 heterocycles. The number of ether oxygens (including phenoxy) is 2. The Hall–Kier alpha value is -4.13. The number of nitrogens with zero attached hydrogens (tertiary/aromatic N) is 2. The summed E-state index contributed by atoms with van der Waals surface area (Å²) in [5.74, 6) is 0.933. The number of aryl methyl sites for hydroxylation is 2. The molecule has 0 aliphatic carbocycles. The minimum atomic E-state index is -0.471. The van der Waals surface area contributed by atoms with Gasteiger partial charge in [-0.3, -0.25) is 4.79 Å². The van der Waals surface area contributed by atoms with Gasteiger partial charge in [0.05, 0.1) is 30.6 Å². The van der Waals surface area contributed by atoms with Crippen LogP contribution in [0.4, 0.5) is 4.39 Å². The molecule has 1 N–H and O–H groups in total. The monoisotopic (exact) mass is 487 g/mol. The molecule has 0 unspecified atom stereocenters. The maximum atomic E-state index is 13.4. The van der Waals surface area contributed by atoms with Gasteiger partial charge in [0.25, 0.3) is 0 Å². The van der Waals surface area contributed by atoms with E-state index in [1.54, 1.807) is 37.0 Å². The molecule has 6 nitrogen and oxygen atoms in total. The molecule has 1 aromatic heterocycles. The predicted octanol–water partition coefficient (Wildman–Crippen LogP) is 5.99. The van der Waals surface area contributed by atoms with Crippen LogP contribution in [-0.2, 0) is 4.79 Å². The van der Waals surface area contributed by atoms with Crippen molar-refractivity contribution in [2.75, 3.05) is 7.11 Å². The fourth-order valence-corrected chi connectivity index (χ4v) is 4.35. The maximum Gasteiger partial charge on any atom is 0.246 e. The fraction of sp³-hybridized carbons (Fsp3) is 0.241. The standard InChI is InChI=1S/C29H30FN3O3/c1-17(2)29(34)32-20(5)28(21-13-18(3)27(35-6)19(4)14-21)36-25-11-12-26-22(15-25)16-31-33(26)24-9-7-23(30)8-10-24/h7-16,20,28H,1H2,2-6H3,(H,32,34)/t20-,28-/m0/s1. The number of carbonyl (C=O) groups is 1. The third kappa shape index (κ3) is 5.10. The summed E-state index contributed by atoms with van der Waals surface area (Å²) in [4.78, 5) is 12.4. The number of nitrogens with one attached hydrogen (secondary N) is 1. The largest absolute Gasteiger partial charge is 0.496 e. The number of fused-ring (bicyclic) bond motifs is 1. The van der Waals surface area contributed by atoms with Crippen molar-refractivity contribution in [3.63, 3.8) is 0 Å². The van der Waals surface area contributed by atoms with Crippen molar-refractivity contribution in [1.29, 1.82) is 0 Å². The van der Waals surface area contributed by atoms with Crippen molar-refractivity contribution in [2.24, 2.45) is 0 Å². The summed E-state index contributed by atoms with van der Waals surface area (Å²) in [5, 5.41) is 8.33. The second-order valence-electron chi connectivity index (χ2n) is 9.02. The van der Waals surface area contributed by atoms with Gasteiger partial charge in [-0.15, -0.1) is 0 Å². The Labute approximate surface area is 210 Å². The first-order valence-corrected chi connectivity index (χ1v) is 11.7. The highest BCUT2D eigenvalue weighted by molar-refractivity contribution is 5.92. The van der Waals surface area contributed by atoms with E-state index in [-0.39, 0.29) is 17.8 Å². The second-order valence-corrected chi connectivity index (χ2v) is 9.02. The number of amides is 1. The summed E-state index contributed by atoms with van der Waals surface area (Å²) in [6, 6.07) is 15.6. The van der Waals surface area contributed by atoms with E-state index in [9.17, 15) is 9.18 Å². The summed E-state index contributed by atoms with van der Waals surface area (Å²) in [5.41, 5.74) is 4.94. The summed E-state index contributed by atoms with van der Waals surface area (Å²) in [6.07, 6.45) is 1.27. The van der Waals surface area contributed by atoms with Crippen LogP contribution < -0.4 is 14.8 Å². The first-order chi connectivity index (χ1) is 17.2. The maximum absolute atomic E-state index is 13.4. The van der Waals surface area contributed by atoms with Crippen LogP contribution in [0.3, 0.4) is 0 Å². The lowest BCUT2D eigenvalue weighted by Gasteiger charge is -2.28. The van der Waals surface area contributed by atoms with Gasteiger partial charge in [-0.1, -0.05) is 6.58 Å². The molecule has 0 spiro atoms. The highest BCUT2D eigenvalue weighted by atomic mass is 19.1. The SMILES string of the molecule is C=C(C)C(=O)N[C@@H](C)[C@H](Oc1ccc2c(cnn2-c2ccc(F)cc2)c1)c1cc(C)c(OC)c(C)c1. The number of hydrogen-bond donors (Lipinski definition) is 1. The Morgan fingerprint density at radius 1 is 1.08 bits per heavy atom. The van der Waals surface area contributed by atoms with Gasteiger partial charge in [0.2, 0.25) is 5.91 Å². The molecule has 0 bridgehead atoms. The molecule has 0 saturated carbocycles. The molecule has 0 radical (unpaired) electrons. The average molecular weight is 488 g/mol. The van der Waals surface area contributed by atoms with Crippen molar-refractivity contribution >= 4 is 16.8 Å². The van der Waals surface area contributed by atoms with Crippen LogP contribution in [0.25, 0.3) is 16.6 Å². The molecule has 7 heteroatoms. The molecule has 0 aliphatic heterocycles. The number of benzene rings is 3. The quantitative estimate of drug-likeness (QED) is 0.310. The van der Waals surface area contributed by atoms with Gasteiger partial charge in [-0.2, -0.15) is 5.10 Å². The highest BCUT2D eigenvalue weighted by Crippen LogP contribution is 2.33. The number of aromatic nitrogens is 2. The van der Waals surface area contributed by atoms with Crippen molar-refractivity contribution in [3.05, 3.63) is 95.5 Å². The van der Waals surface area contributed by atoms with Crippen LogP contribution in [0, 0.1) is 19.7 Å². The van der Waals surface area contributed by atoms with Crippen LogP contribution >= 0.6 is 0 Å². The topological polar surface area (TPSA) is 65.4 Å². The van der Waals surface area contributed by atoms with Crippen LogP contribution in [-0.4, -0.2) is 28.8 Å². The van der Waals surface area contributed by atoms with Crippen LogP contribution in [0.1, 0.15) is 36.6 Å². The van der Waals surface area contributed by atoms with Gasteiger partial charge < -0.3 is 14.8 Å². The van der Waals surface area contributed by atoms with Gasteiger partial charge in [0, 0.05) is 11.0 Å². The number of rotatable bonds is 8. The van der Waals surface area contributed by atoms with Crippen molar-refractivity contribution in [2.45, 2.75) is 39.8 Å². The smallest absolute Gasteiger partial charge is 0.246 e. The van der Waals surface area contributed by atoms with Crippen molar-refractivity contribution in [3.8, 4) is 17.2 Å². The zero-order valence-corrected chi connectivity index (χ0v) is 21.1. The number of carbonyl (C=O) groups excluding carboxylic acids is 1. The molecular formula is C29H30FN3O3. The molecule has 0 fully saturated rings. The molecule has 36 heavy (non-hydrogen) atoms. The predicted molar refractivity (Wildman–Crippen MR) is 139 cm³/mol. The van der Waals surface area contributed by atoms with E-state index >= 15 is 0 Å². The number of methoxy groups -OCH3 is 1. The molecule has 0 saturated heterocycles. The third-order valence-corrected chi connectivity index (χ3v) is 6.09.